The molecular formula is C20H29N5O2S. The van der Waals surface area contributed by atoms with E-state index in [-0.39, 0.29) is 11.2 Å². The Morgan fingerprint density at radius 2 is 2.18 bits per heavy atom. The molecule has 8 heteroatoms. The number of amides is 1. The van der Waals surface area contributed by atoms with Crippen molar-refractivity contribution in [2.24, 2.45) is 11.8 Å². The van der Waals surface area contributed by atoms with Crippen molar-refractivity contribution < 1.29 is 9.21 Å². The van der Waals surface area contributed by atoms with Gasteiger partial charge in [0.2, 0.25) is 11.9 Å². The van der Waals surface area contributed by atoms with Crippen LogP contribution in [0.4, 0.5) is 5.95 Å². The van der Waals surface area contributed by atoms with Gasteiger partial charge in [0.05, 0.1) is 18.1 Å². The fraction of sp³-hybridized carbons (Fsp3) is 0.550. The zero-order valence-electron chi connectivity index (χ0n) is 16.8. The molecule has 0 aromatic carbocycles. The predicted octanol–water partition coefficient (Wildman–Crippen LogP) is 3.18. The molecule has 1 amide bonds. The van der Waals surface area contributed by atoms with Crippen molar-refractivity contribution in [1.82, 2.24) is 20.1 Å². The smallest absolute Gasteiger partial charge is 0.233 e. The number of aromatic nitrogens is 3. The van der Waals surface area contributed by atoms with Crippen molar-refractivity contribution in [1.29, 1.82) is 0 Å². The van der Waals surface area contributed by atoms with Crippen LogP contribution in [0.15, 0.2) is 40.6 Å². The monoisotopic (exact) mass is 403 g/mol. The normalized spacial score (nSPS) is 20.8. The van der Waals surface area contributed by atoms with Gasteiger partial charge in [-0.2, -0.15) is 0 Å². The first-order chi connectivity index (χ1) is 13.5. The van der Waals surface area contributed by atoms with Gasteiger partial charge in [0.15, 0.2) is 5.16 Å². The maximum absolute atomic E-state index is 12.3. The highest BCUT2D eigenvalue weighted by Gasteiger charge is 2.28. The second-order valence-corrected chi connectivity index (χ2v) is 8.90. The van der Waals surface area contributed by atoms with E-state index in [1.165, 1.54) is 18.2 Å². The summed E-state index contributed by atoms with van der Waals surface area (Å²) in [5, 5.41) is 12.2. The number of hydrogen-bond acceptors (Lipinski definition) is 6. The van der Waals surface area contributed by atoms with Gasteiger partial charge in [-0.05, 0) is 37.3 Å². The van der Waals surface area contributed by atoms with E-state index in [0.29, 0.717) is 24.9 Å². The molecule has 3 atom stereocenters. The van der Waals surface area contributed by atoms with Crippen LogP contribution in [0.1, 0.15) is 33.0 Å². The summed E-state index contributed by atoms with van der Waals surface area (Å²) in [4.78, 5) is 14.6. The molecule has 1 N–H and O–H groups in total. The number of piperidine rings is 1. The van der Waals surface area contributed by atoms with Crippen LogP contribution in [0, 0.1) is 11.8 Å². The molecule has 1 aliphatic rings. The Bertz CT molecular complexity index is 779. The first-order valence-corrected chi connectivity index (χ1v) is 10.6. The van der Waals surface area contributed by atoms with Crippen LogP contribution in [0.2, 0.25) is 0 Å². The third-order valence-corrected chi connectivity index (χ3v) is 5.90. The van der Waals surface area contributed by atoms with Gasteiger partial charge < -0.3 is 14.6 Å². The summed E-state index contributed by atoms with van der Waals surface area (Å²) >= 11 is 1.41. The van der Waals surface area contributed by atoms with Gasteiger partial charge in [-0.1, -0.05) is 31.7 Å². The van der Waals surface area contributed by atoms with Gasteiger partial charge >= 0.3 is 0 Å². The van der Waals surface area contributed by atoms with E-state index in [1.54, 1.807) is 12.3 Å². The van der Waals surface area contributed by atoms with E-state index < -0.39 is 0 Å². The summed E-state index contributed by atoms with van der Waals surface area (Å²) in [5.41, 5.74) is 0. The van der Waals surface area contributed by atoms with Gasteiger partial charge in [-0.25, -0.2) is 0 Å². The highest BCUT2D eigenvalue weighted by molar-refractivity contribution is 8.00. The summed E-state index contributed by atoms with van der Waals surface area (Å²) in [7, 11) is 0. The highest BCUT2D eigenvalue weighted by Crippen LogP contribution is 2.30. The molecule has 1 fully saturated rings. The third kappa shape index (κ3) is 4.98. The molecule has 0 spiro atoms. The largest absolute Gasteiger partial charge is 0.467 e. The van der Waals surface area contributed by atoms with Crippen molar-refractivity contribution in [3.8, 4) is 0 Å². The topological polar surface area (TPSA) is 76.2 Å². The predicted molar refractivity (Wildman–Crippen MR) is 112 cm³/mol. The minimum Gasteiger partial charge on any atom is -0.467 e. The Labute approximate surface area is 170 Å². The van der Waals surface area contributed by atoms with E-state index >= 15 is 0 Å². The second-order valence-electron chi connectivity index (χ2n) is 7.59. The number of nitrogens with zero attached hydrogens (tertiary/aromatic N) is 4. The number of hydrogen-bond donors (Lipinski definition) is 1. The fourth-order valence-electron chi connectivity index (χ4n) is 3.65. The summed E-state index contributed by atoms with van der Waals surface area (Å²) in [6.45, 7) is 13.0. The van der Waals surface area contributed by atoms with Gasteiger partial charge in [0.1, 0.15) is 5.76 Å². The molecule has 7 nitrogen and oxygen atoms in total. The molecule has 0 aliphatic carbocycles. The van der Waals surface area contributed by atoms with Gasteiger partial charge in [0, 0.05) is 19.6 Å². The molecule has 2 aromatic rings. The Hall–Kier alpha value is -2.22. The molecule has 0 radical (unpaired) electrons. The highest BCUT2D eigenvalue weighted by atomic mass is 32.2. The van der Waals surface area contributed by atoms with Gasteiger partial charge in [-0.15, -0.1) is 16.8 Å². The summed E-state index contributed by atoms with van der Waals surface area (Å²) in [6.07, 6.45) is 4.57. The number of furan rings is 1. The maximum atomic E-state index is 12.3. The number of carbonyl (C=O) groups is 1. The number of nitrogens with one attached hydrogen (secondary N) is 1. The summed E-state index contributed by atoms with van der Waals surface area (Å²) in [6, 6.07) is 3.82. The lowest BCUT2D eigenvalue weighted by atomic mass is 9.92. The van der Waals surface area contributed by atoms with Crippen LogP contribution in [0.25, 0.3) is 0 Å². The first kappa shape index (κ1) is 20.5. The van der Waals surface area contributed by atoms with Gasteiger partial charge in [0.25, 0.3) is 0 Å². The Morgan fingerprint density at radius 1 is 1.43 bits per heavy atom. The number of rotatable bonds is 8. The SMILES string of the molecule is C=CCNC(=O)C(C)Sc1nnc(N2CC(C)CC(C)C2)n1Cc1ccco1. The van der Waals surface area contributed by atoms with Crippen molar-refractivity contribution in [2.45, 2.75) is 44.1 Å². The average molecular weight is 404 g/mol. The van der Waals surface area contributed by atoms with Crippen molar-refractivity contribution in [2.75, 3.05) is 24.5 Å². The Morgan fingerprint density at radius 3 is 2.82 bits per heavy atom. The lowest BCUT2D eigenvalue weighted by Crippen LogP contribution is -2.40. The number of carbonyl (C=O) groups excluding carboxylic acids is 1. The first-order valence-electron chi connectivity index (χ1n) is 9.73. The molecule has 3 heterocycles. The standard InChI is InChI=1S/C20H29N5O2S/c1-5-8-21-18(26)16(4)28-20-23-22-19(24-11-14(2)10-15(3)12-24)25(20)13-17-7-6-9-27-17/h5-7,9,14-16H,1,8,10-13H2,2-4H3,(H,21,26). The van der Waals surface area contributed by atoms with Crippen LogP contribution in [0.5, 0.6) is 0 Å². The quantitative estimate of drug-likeness (QED) is 0.539. The minimum absolute atomic E-state index is 0.0424. The lowest BCUT2D eigenvalue weighted by Gasteiger charge is -2.35. The van der Waals surface area contributed by atoms with Crippen LogP contribution >= 0.6 is 11.8 Å². The molecule has 152 valence electrons. The Kier molecular flexibility index (Phi) is 6.83. The fourth-order valence-corrected chi connectivity index (χ4v) is 4.52. The van der Waals surface area contributed by atoms with Crippen LogP contribution < -0.4 is 10.2 Å². The van der Waals surface area contributed by atoms with Crippen molar-refractivity contribution in [3.05, 3.63) is 36.8 Å². The second kappa shape index (κ2) is 9.32. The van der Waals surface area contributed by atoms with E-state index in [9.17, 15) is 4.79 Å². The molecule has 1 aliphatic heterocycles. The third-order valence-electron chi connectivity index (χ3n) is 4.82. The van der Waals surface area contributed by atoms with Crippen molar-refractivity contribution >= 4 is 23.6 Å². The van der Waals surface area contributed by atoms with Crippen LogP contribution in [-0.2, 0) is 11.3 Å². The molecule has 3 unspecified atom stereocenters. The average Bonchev–Trinajstić information content (AvgIpc) is 3.30. The number of anilines is 1. The van der Waals surface area contributed by atoms with E-state index in [1.807, 2.05) is 19.1 Å². The summed E-state index contributed by atoms with van der Waals surface area (Å²) in [5.74, 6) is 2.86. The molecule has 1 saturated heterocycles. The molecule has 3 rings (SSSR count). The molecule has 28 heavy (non-hydrogen) atoms. The van der Waals surface area contributed by atoms with Crippen LogP contribution in [-0.4, -0.2) is 45.6 Å². The summed E-state index contributed by atoms with van der Waals surface area (Å²) < 4.78 is 7.62. The lowest BCUT2D eigenvalue weighted by molar-refractivity contribution is -0.120. The zero-order chi connectivity index (χ0) is 20.1. The molecule has 2 aromatic heterocycles. The molecule has 0 saturated carbocycles. The maximum Gasteiger partial charge on any atom is 0.233 e. The van der Waals surface area contributed by atoms with Crippen molar-refractivity contribution in [3.63, 3.8) is 0 Å². The van der Waals surface area contributed by atoms with E-state index in [4.69, 9.17) is 4.42 Å². The van der Waals surface area contributed by atoms with E-state index in [0.717, 1.165) is 30.0 Å². The molecular weight excluding hydrogens is 374 g/mol. The minimum atomic E-state index is -0.286. The number of thioether (sulfide) groups is 1. The molecule has 0 bridgehead atoms. The van der Waals surface area contributed by atoms with E-state index in [2.05, 4.69) is 45.4 Å². The Balaban J connectivity index is 1.84. The zero-order valence-corrected chi connectivity index (χ0v) is 17.6. The van der Waals surface area contributed by atoms with Gasteiger partial charge in [-0.3, -0.25) is 9.36 Å². The van der Waals surface area contributed by atoms with Crippen LogP contribution in [0.3, 0.4) is 0 Å².